The van der Waals surface area contributed by atoms with Crippen molar-refractivity contribution in [2.75, 3.05) is 12.0 Å². The quantitative estimate of drug-likeness (QED) is 0.236. The number of carbonyl (C=O) groups excluding carboxylic acids is 2. The van der Waals surface area contributed by atoms with Crippen LogP contribution in [0.4, 0.5) is 5.13 Å². The zero-order chi connectivity index (χ0) is 23.1. The van der Waals surface area contributed by atoms with Gasteiger partial charge in [-0.3, -0.25) is 14.5 Å². The molecule has 0 aliphatic carbocycles. The highest BCUT2D eigenvalue weighted by Gasteiger charge is 2.48. The predicted molar refractivity (Wildman–Crippen MR) is 129 cm³/mol. The average molecular weight is 477 g/mol. The molecule has 33 heavy (non-hydrogen) atoms. The first-order valence-corrected chi connectivity index (χ1v) is 11.2. The molecule has 1 aromatic heterocycles. The molecular weight excluding hydrogens is 460 g/mol. The second kappa shape index (κ2) is 8.35. The molecule has 8 heteroatoms. The molecule has 1 N–H and O–H groups in total. The Kier molecular flexibility index (Phi) is 5.36. The summed E-state index contributed by atoms with van der Waals surface area (Å²) >= 11 is 7.25. The van der Waals surface area contributed by atoms with Crippen LogP contribution in [0, 0.1) is 0 Å². The van der Waals surface area contributed by atoms with Gasteiger partial charge in [-0.2, -0.15) is 0 Å². The lowest BCUT2D eigenvalue weighted by atomic mass is 9.95. The van der Waals surface area contributed by atoms with E-state index in [4.69, 9.17) is 16.3 Å². The molecule has 1 unspecified atom stereocenters. The van der Waals surface area contributed by atoms with Crippen molar-refractivity contribution in [3.8, 4) is 5.75 Å². The van der Waals surface area contributed by atoms with E-state index in [1.54, 1.807) is 43.5 Å². The Balaban J connectivity index is 1.71. The van der Waals surface area contributed by atoms with E-state index in [9.17, 15) is 14.7 Å². The van der Waals surface area contributed by atoms with E-state index in [0.717, 1.165) is 4.70 Å². The van der Waals surface area contributed by atoms with Gasteiger partial charge in [-0.05, 0) is 48.0 Å². The van der Waals surface area contributed by atoms with Crippen LogP contribution >= 0.6 is 22.9 Å². The Morgan fingerprint density at radius 1 is 1.06 bits per heavy atom. The van der Waals surface area contributed by atoms with Crippen LogP contribution in [0.1, 0.15) is 17.2 Å². The van der Waals surface area contributed by atoms with Gasteiger partial charge in [0.1, 0.15) is 11.5 Å². The summed E-state index contributed by atoms with van der Waals surface area (Å²) in [5, 5.41) is 12.0. The SMILES string of the molecule is COc1ccc2nc(N3C(=O)C(=O)/C(=C(\O)c4ccc(Cl)cc4)C3c3ccccc3)sc2c1. The fraction of sp³-hybridized carbons (Fsp3) is 0.0800. The maximum absolute atomic E-state index is 13.2. The summed E-state index contributed by atoms with van der Waals surface area (Å²) in [6.45, 7) is 0. The van der Waals surface area contributed by atoms with E-state index in [1.807, 2.05) is 36.4 Å². The number of thiazole rings is 1. The summed E-state index contributed by atoms with van der Waals surface area (Å²) in [6, 6.07) is 20.2. The molecule has 1 amide bonds. The highest BCUT2D eigenvalue weighted by atomic mass is 35.5. The molecule has 1 atom stereocenters. The number of aromatic nitrogens is 1. The molecule has 2 heterocycles. The molecule has 0 saturated carbocycles. The maximum Gasteiger partial charge on any atom is 0.301 e. The van der Waals surface area contributed by atoms with Gasteiger partial charge in [0.05, 0.1) is 28.9 Å². The molecule has 1 aliphatic heterocycles. The molecule has 1 fully saturated rings. The number of methoxy groups -OCH3 is 1. The molecule has 1 saturated heterocycles. The van der Waals surface area contributed by atoms with Crippen molar-refractivity contribution < 1.29 is 19.4 Å². The third-order valence-electron chi connectivity index (χ3n) is 5.47. The smallest absolute Gasteiger partial charge is 0.301 e. The highest BCUT2D eigenvalue weighted by Crippen LogP contribution is 2.44. The Morgan fingerprint density at radius 3 is 2.48 bits per heavy atom. The molecule has 3 aromatic carbocycles. The predicted octanol–water partition coefficient (Wildman–Crippen LogP) is 5.58. The van der Waals surface area contributed by atoms with Gasteiger partial charge in [0.15, 0.2) is 5.13 Å². The first kappa shape index (κ1) is 21.2. The van der Waals surface area contributed by atoms with Crippen LogP contribution < -0.4 is 9.64 Å². The third-order valence-corrected chi connectivity index (χ3v) is 6.74. The van der Waals surface area contributed by atoms with Crippen molar-refractivity contribution in [2.45, 2.75) is 6.04 Å². The summed E-state index contributed by atoms with van der Waals surface area (Å²) in [4.78, 5) is 32.4. The van der Waals surface area contributed by atoms with Crippen LogP contribution in [0.5, 0.6) is 5.75 Å². The van der Waals surface area contributed by atoms with Crippen molar-refractivity contribution in [3.05, 3.63) is 94.5 Å². The zero-order valence-electron chi connectivity index (χ0n) is 17.4. The number of hydrogen-bond acceptors (Lipinski definition) is 6. The third kappa shape index (κ3) is 3.65. The van der Waals surface area contributed by atoms with Crippen molar-refractivity contribution in [2.24, 2.45) is 0 Å². The van der Waals surface area contributed by atoms with Gasteiger partial charge in [0.25, 0.3) is 5.78 Å². The van der Waals surface area contributed by atoms with E-state index in [0.29, 0.717) is 32.5 Å². The normalized spacial score (nSPS) is 17.6. The van der Waals surface area contributed by atoms with Crippen molar-refractivity contribution in [1.29, 1.82) is 0 Å². The average Bonchev–Trinajstić information content (AvgIpc) is 3.37. The van der Waals surface area contributed by atoms with Crippen molar-refractivity contribution in [1.82, 2.24) is 4.98 Å². The van der Waals surface area contributed by atoms with Gasteiger partial charge < -0.3 is 9.84 Å². The highest BCUT2D eigenvalue weighted by molar-refractivity contribution is 7.22. The minimum Gasteiger partial charge on any atom is -0.507 e. The van der Waals surface area contributed by atoms with Crippen molar-refractivity contribution in [3.63, 3.8) is 0 Å². The molecule has 1 aliphatic rings. The number of amides is 1. The molecular formula is C25H17ClN2O4S. The fourth-order valence-corrected chi connectivity index (χ4v) is 5.01. The Labute approximate surface area is 198 Å². The summed E-state index contributed by atoms with van der Waals surface area (Å²) in [5.74, 6) is -1.11. The Hall–Kier alpha value is -3.68. The number of nitrogens with zero attached hydrogens (tertiary/aromatic N) is 2. The minimum absolute atomic E-state index is 0.00496. The number of fused-ring (bicyclic) bond motifs is 1. The fourth-order valence-electron chi connectivity index (χ4n) is 3.87. The molecule has 0 spiro atoms. The van der Waals surface area contributed by atoms with Crippen LogP contribution in [0.25, 0.3) is 16.0 Å². The van der Waals surface area contributed by atoms with Gasteiger partial charge in [0.2, 0.25) is 0 Å². The number of benzene rings is 3. The van der Waals surface area contributed by atoms with E-state index >= 15 is 0 Å². The van der Waals surface area contributed by atoms with Gasteiger partial charge in [-0.25, -0.2) is 4.98 Å². The summed E-state index contributed by atoms with van der Waals surface area (Å²) < 4.78 is 6.10. The van der Waals surface area contributed by atoms with E-state index < -0.39 is 17.7 Å². The molecule has 5 rings (SSSR count). The second-order valence-electron chi connectivity index (χ2n) is 7.42. The second-order valence-corrected chi connectivity index (χ2v) is 8.86. The lowest BCUT2D eigenvalue weighted by Gasteiger charge is -2.22. The van der Waals surface area contributed by atoms with Gasteiger partial charge in [-0.15, -0.1) is 0 Å². The first-order valence-electron chi connectivity index (χ1n) is 10.0. The molecule has 4 aromatic rings. The molecule has 0 radical (unpaired) electrons. The molecule has 6 nitrogen and oxygen atoms in total. The standard InChI is InChI=1S/C25H17ClN2O4S/c1-32-17-11-12-18-19(13-17)33-25(27-18)28-21(14-5-3-2-4-6-14)20(23(30)24(28)31)22(29)15-7-9-16(26)10-8-15/h2-13,21,29H,1H3/b22-20-. The van der Waals surface area contributed by atoms with Crippen LogP contribution in [-0.2, 0) is 9.59 Å². The number of hydrogen-bond donors (Lipinski definition) is 1. The van der Waals surface area contributed by atoms with Crippen molar-refractivity contribution >= 4 is 55.7 Å². The number of Topliss-reactive ketones (excluding diaryl/α,β-unsaturated/α-hetero) is 1. The lowest BCUT2D eigenvalue weighted by Crippen LogP contribution is -2.29. The number of anilines is 1. The number of carbonyl (C=O) groups is 2. The van der Waals surface area contributed by atoms with E-state index in [1.165, 1.54) is 16.2 Å². The van der Waals surface area contributed by atoms with E-state index in [2.05, 4.69) is 4.98 Å². The largest absolute Gasteiger partial charge is 0.507 e. The summed E-state index contributed by atoms with van der Waals surface area (Å²) in [5.41, 5.74) is 1.77. The van der Waals surface area contributed by atoms with E-state index in [-0.39, 0.29) is 11.3 Å². The first-order chi connectivity index (χ1) is 16.0. The topological polar surface area (TPSA) is 79.7 Å². The zero-order valence-corrected chi connectivity index (χ0v) is 18.9. The minimum atomic E-state index is -0.829. The Bertz CT molecular complexity index is 1410. The number of rotatable bonds is 4. The number of aliphatic hydroxyl groups is 1. The maximum atomic E-state index is 13.2. The Morgan fingerprint density at radius 2 is 1.79 bits per heavy atom. The number of aliphatic hydroxyl groups excluding tert-OH is 1. The lowest BCUT2D eigenvalue weighted by molar-refractivity contribution is -0.132. The van der Waals surface area contributed by atoms with Gasteiger partial charge >= 0.3 is 5.91 Å². The number of ketones is 1. The molecule has 0 bridgehead atoms. The summed E-state index contributed by atoms with van der Waals surface area (Å²) in [7, 11) is 1.58. The van der Waals surface area contributed by atoms with Crippen LogP contribution in [0.3, 0.4) is 0 Å². The number of halogens is 1. The van der Waals surface area contributed by atoms with Crippen LogP contribution in [0.15, 0.2) is 78.4 Å². The summed E-state index contributed by atoms with van der Waals surface area (Å²) in [6.07, 6.45) is 0. The van der Waals surface area contributed by atoms with Gasteiger partial charge in [0, 0.05) is 10.6 Å². The van der Waals surface area contributed by atoms with Crippen LogP contribution in [0.2, 0.25) is 5.02 Å². The monoisotopic (exact) mass is 476 g/mol. The molecule has 164 valence electrons. The van der Waals surface area contributed by atoms with Gasteiger partial charge in [-0.1, -0.05) is 53.3 Å². The van der Waals surface area contributed by atoms with Crippen LogP contribution in [-0.4, -0.2) is 28.9 Å². The number of ether oxygens (including phenoxy) is 1.